The molecule has 2 aromatic rings. The Hall–Kier alpha value is -2.09. The highest BCUT2D eigenvalue weighted by Gasteiger charge is 2.35. The van der Waals surface area contributed by atoms with Gasteiger partial charge in [0.05, 0.1) is 7.11 Å². The van der Waals surface area contributed by atoms with Crippen LogP contribution < -0.4 is 10.1 Å². The highest BCUT2D eigenvalue weighted by atomic mass is 35.5. The zero-order valence-electron chi connectivity index (χ0n) is 10.8. The Morgan fingerprint density at radius 2 is 2.10 bits per heavy atom. The first-order valence-corrected chi connectivity index (χ1v) is 6.11. The van der Waals surface area contributed by atoms with Gasteiger partial charge in [0.15, 0.2) is 0 Å². The molecule has 5 nitrogen and oxygen atoms in total. The molecule has 9 heteroatoms. The van der Waals surface area contributed by atoms with Gasteiger partial charge >= 0.3 is 6.18 Å². The predicted molar refractivity (Wildman–Crippen MR) is 70.2 cm³/mol. The lowest BCUT2D eigenvalue weighted by atomic mass is 10.2. The predicted octanol–water partition coefficient (Wildman–Crippen LogP) is 3.16. The molecule has 0 unspecified atom stereocenters. The Morgan fingerprint density at radius 3 is 2.76 bits per heavy atom. The van der Waals surface area contributed by atoms with Gasteiger partial charge in [0.1, 0.15) is 11.0 Å². The van der Waals surface area contributed by atoms with Crippen LogP contribution in [-0.4, -0.2) is 22.1 Å². The van der Waals surface area contributed by atoms with Crippen LogP contribution in [0.25, 0.3) is 0 Å². The summed E-state index contributed by atoms with van der Waals surface area (Å²) in [7, 11) is 1.45. The summed E-state index contributed by atoms with van der Waals surface area (Å²) in [5.41, 5.74) is 0.670. The number of nitrogens with one attached hydrogen (secondary N) is 1. The van der Waals surface area contributed by atoms with Crippen molar-refractivity contribution in [2.75, 3.05) is 12.4 Å². The number of methoxy groups -OCH3 is 1. The average molecular weight is 319 g/mol. The number of rotatable bonds is 4. The summed E-state index contributed by atoms with van der Waals surface area (Å²) in [6.07, 6.45) is -3.11. The highest BCUT2D eigenvalue weighted by molar-refractivity contribution is 6.29. The van der Waals surface area contributed by atoms with E-state index in [4.69, 9.17) is 16.3 Å². The molecule has 0 radical (unpaired) electrons. The van der Waals surface area contributed by atoms with Gasteiger partial charge in [-0.05, 0) is 6.07 Å². The van der Waals surface area contributed by atoms with Crippen molar-refractivity contribution in [3.05, 3.63) is 40.9 Å². The Labute approximate surface area is 123 Å². The fourth-order valence-electron chi connectivity index (χ4n) is 1.56. The number of pyridine rings is 1. The molecule has 0 saturated carbocycles. The summed E-state index contributed by atoms with van der Waals surface area (Å²) in [6, 6.07) is 4.62. The van der Waals surface area contributed by atoms with Crippen LogP contribution in [0.3, 0.4) is 0 Å². The molecule has 2 heterocycles. The third kappa shape index (κ3) is 3.94. The molecule has 2 rings (SSSR count). The maximum Gasteiger partial charge on any atom is 0.451 e. The average Bonchev–Trinajstić information content (AvgIpc) is 2.44. The number of halogens is 4. The van der Waals surface area contributed by atoms with E-state index in [-0.39, 0.29) is 17.5 Å². The Balaban J connectivity index is 2.19. The van der Waals surface area contributed by atoms with Gasteiger partial charge in [-0.1, -0.05) is 17.7 Å². The number of ether oxygens (including phenoxy) is 1. The molecule has 21 heavy (non-hydrogen) atoms. The summed E-state index contributed by atoms with van der Waals surface area (Å²) in [6.45, 7) is 0.182. The number of hydrogen-bond donors (Lipinski definition) is 1. The molecule has 0 spiro atoms. The summed E-state index contributed by atoms with van der Waals surface area (Å²) in [5, 5.41) is 2.44. The second kappa shape index (κ2) is 6.13. The zero-order valence-corrected chi connectivity index (χ0v) is 11.5. The van der Waals surface area contributed by atoms with Crippen LogP contribution in [-0.2, 0) is 12.7 Å². The second-order valence-electron chi connectivity index (χ2n) is 3.92. The van der Waals surface area contributed by atoms with Crippen LogP contribution in [0, 0.1) is 0 Å². The summed E-state index contributed by atoms with van der Waals surface area (Å²) < 4.78 is 42.8. The standard InChI is InChI=1S/C12H10ClF3N4O/c1-21-10-7(3-2-4-17-10)6-18-9-5-8(13)19-11(20-9)12(14,15)16/h2-5H,6H2,1H3,(H,18,19,20). The van der Waals surface area contributed by atoms with Gasteiger partial charge in [-0.2, -0.15) is 13.2 Å². The minimum atomic E-state index is -4.66. The van der Waals surface area contributed by atoms with Crippen molar-refractivity contribution in [2.45, 2.75) is 12.7 Å². The van der Waals surface area contributed by atoms with Crippen molar-refractivity contribution in [3.8, 4) is 5.88 Å². The number of nitrogens with zero attached hydrogens (tertiary/aromatic N) is 3. The number of anilines is 1. The van der Waals surface area contributed by atoms with Crippen LogP contribution in [0.1, 0.15) is 11.4 Å². The first-order valence-electron chi connectivity index (χ1n) is 5.73. The summed E-state index contributed by atoms with van der Waals surface area (Å²) in [4.78, 5) is 10.5. The van der Waals surface area contributed by atoms with E-state index in [0.717, 1.165) is 0 Å². The monoisotopic (exact) mass is 318 g/mol. The van der Waals surface area contributed by atoms with Crippen LogP contribution >= 0.6 is 11.6 Å². The largest absolute Gasteiger partial charge is 0.481 e. The van der Waals surface area contributed by atoms with Crippen LogP contribution in [0.15, 0.2) is 24.4 Å². The van der Waals surface area contributed by atoms with Gasteiger partial charge < -0.3 is 10.1 Å². The van der Waals surface area contributed by atoms with E-state index in [0.29, 0.717) is 11.4 Å². The van der Waals surface area contributed by atoms with Gasteiger partial charge in [0.2, 0.25) is 11.7 Å². The molecule has 0 saturated heterocycles. The van der Waals surface area contributed by atoms with Crippen LogP contribution in [0.2, 0.25) is 5.15 Å². The number of aromatic nitrogens is 3. The lowest BCUT2D eigenvalue weighted by molar-refractivity contribution is -0.144. The quantitative estimate of drug-likeness (QED) is 0.877. The Kier molecular flexibility index (Phi) is 4.46. The maximum atomic E-state index is 12.6. The molecule has 0 fully saturated rings. The second-order valence-corrected chi connectivity index (χ2v) is 4.31. The maximum absolute atomic E-state index is 12.6. The minimum absolute atomic E-state index is 0.0340. The van der Waals surface area contributed by atoms with Gasteiger partial charge in [-0.25, -0.2) is 15.0 Å². The molecule has 0 amide bonds. The van der Waals surface area contributed by atoms with Crippen molar-refractivity contribution < 1.29 is 17.9 Å². The zero-order chi connectivity index (χ0) is 15.5. The summed E-state index contributed by atoms with van der Waals surface area (Å²) in [5.74, 6) is -0.954. The van der Waals surface area contributed by atoms with E-state index >= 15 is 0 Å². The molecular formula is C12H10ClF3N4O. The molecule has 0 aliphatic rings. The van der Waals surface area contributed by atoms with E-state index in [1.54, 1.807) is 18.3 Å². The van der Waals surface area contributed by atoms with Gasteiger partial charge in [0, 0.05) is 24.4 Å². The molecule has 0 atom stereocenters. The van der Waals surface area contributed by atoms with E-state index in [9.17, 15) is 13.2 Å². The van der Waals surface area contributed by atoms with Crippen molar-refractivity contribution in [1.82, 2.24) is 15.0 Å². The van der Waals surface area contributed by atoms with Gasteiger partial charge in [0.25, 0.3) is 0 Å². The smallest absolute Gasteiger partial charge is 0.451 e. The molecule has 0 aliphatic carbocycles. The molecular weight excluding hydrogens is 309 g/mol. The van der Waals surface area contributed by atoms with E-state index in [1.807, 2.05) is 0 Å². The molecule has 0 aliphatic heterocycles. The van der Waals surface area contributed by atoms with E-state index in [1.165, 1.54) is 13.2 Å². The van der Waals surface area contributed by atoms with Crippen LogP contribution in [0.5, 0.6) is 5.88 Å². The van der Waals surface area contributed by atoms with E-state index < -0.39 is 12.0 Å². The van der Waals surface area contributed by atoms with Crippen LogP contribution in [0.4, 0.5) is 19.0 Å². The third-order valence-corrected chi connectivity index (χ3v) is 2.65. The molecule has 0 bridgehead atoms. The van der Waals surface area contributed by atoms with Crippen molar-refractivity contribution in [2.24, 2.45) is 0 Å². The molecule has 2 aromatic heterocycles. The lowest BCUT2D eigenvalue weighted by Crippen LogP contribution is -2.13. The molecule has 1 N–H and O–H groups in total. The topological polar surface area (TPSA) is 59.9 Å². The van der Waals surface area contributed by atoms with Gasteiger partial charge in [-0.15, -0.1) is 0 Å². The van der Waals surface area contributed by atoms with Gasteiger partial charge in [-0.3, -0.25) is 0 Å². The minimum Gasteiger partial charge on any atom is -0.481 e. The Morgan fingerprint density at radius 1 is 1.33 bits per heavy atom. The fraction of sp³-hybridized carbons (Fsp3) is 0.250. The molecule has 0 aromatic carbocycles. The lowest BCUT2D eigenvalue weighted by Gasteiger charge is -2.11. The number of alkyl halides is 3. The first-order chi connectivity index (χ1) is 9.90. The van der Waals surface area contributed by atoms with E-state index in [2.05, 4.69) is 20.3 Å². The number of hydrogen-bond acceptors (Lipinski definition) is 5. The highest BCUT2D eigenvalue weighted by Crippen LogP contribution is 2.28. The first kappa shape index (κ1) is 15.3. The van der Waals surface area contributed by atoms with Crippen molar-refractivity contribution in [3.63, 3.8) is 0 Å². The molecule has 112 valence electrons. The summed E-state index contributed by atoms with van der Waals surface area (Å²) >= 11 is 5.57. The SMILES string of the molecule is COc1ncccc1CNc1cc(Cl)nc(C(F)(F)F)n1. The third-order valence-electron chi connectivity index (χ3n) is 2.45. The fourth-order valence-corrected chi connectivity index (χ4v) is 1.75. The van der Waals surface area contributed by atoms with Crippen molar-refractivity contribution >= 4 is 17.4 Å². The van der Waals surface area contributed by atoms with Crippen molar-refractivity contribution in [1.29, 1.82) is 0 Å². The Bertz CT molecular complexity index is 636. The normalized spacial score (nSPS) is 11.3.